The molecule has 0 saturated carbocycles. The van der Waals surface area contributed by atoms with Crippen molar-refractivity contribution in [2.24, 2.45) is 0 Å². The van der Waals surface area contributed by atoms with Crippen LogP contribution in [-0.2, 0) is 0 Å². The average Bonchev–Trinajstić information content (AvgIpc) is 3.72. The minimum Gasteiger partial charge on any atom is -0.456 e. The zero-order chi connectivity index (χ0) is 27.4. The first-order chi connectivity index (χ1) is 20.8. The van der Waals surface area contributed by atoms with Crippen molar-refractivity contribution < 1.29 is 8.83 Å². The Morgan fingerprint density at radius 1 is 0.310 bits per heavy atom. The second kappa shape index (κ2) is 7.99. The molecule has 42 heavy (non-hydrogen) atoms. The fourth-order valence-corrected chi connectivity index (χ4v) is 7.20. The van der Waals surface area contributed by atoms with Crippen LogP contribution in [-0.4, -0.2) is 0 Å². The van der Waals surface area contributed by atoms with E-state index in [2.05, 4.69) is 121 Å². The van der Waals surface area contributed by atoms with Crippen molar-refractivity contribution in [1.29, 1.82) is 0 Å². The lowest BCUT2D eigenvalue weighted by molar-refractivity contribution is 0.668. The van der Waals surface area contributed by atoms with Crippen LogP contribution in [0.5, 0.6) is 0 Å². The van der Waals surface area contributed by atoms with Crippen LogP contribution < -0.4 is 0 Å². The van der Waals surface area contributed by atoms with E-state index in [0.29, 0.717) is 0 Å². The molecule has 194 valence electrons. The van der Waals surface area contributed by atoms with Gasteiger partial charge in [0.25, 0.3) is 0 Å². The number of benzene rings is 7. The van der Waals surface area contributed by atoms with E-state index in [1.807, 2.05) is 12.1 Å². The van der Waals surface area contributed by atoms with Crippen molar-refractivity contribution in [3.8, 4) is 44.5 Å². The van der Waals surface area contributed by atoms with Crippen molar-refractivity contribution in [3.63, 3.8) is 0 Å². The SMILES string of the molecule is c1ccc2c(c1)-c1cccc3c(-c4cccc5c4oc4c(-c6ccc7oc8ccccc8c7c6)cccc45)ccc-2c13. The van der Waals surface area contributed by atoms with E-state index in [0.717, 1.165) is 60.6 Å². The predicted octanol–water partition coefficient (Wildman–Crippen LogP) is 11.6. The van der Waals surface area contributed by atoms with Gasteiger partial charge in [-0.1, -0.05) is 115 Å². The highest BCUT2D eigenvalue weighted by molar-refractivity contribution is 6.21. The summed E-state index contributed by atoms with van der Waals surface area (Å²) in [5, 5.41) is 7.08. The molecule has 0 spiro atoms. The molecule has 1 aliphatic carbocycles. The van der Waals surface area contributed by atoms with Crippen LogP contribution in [0.3, 0.4) is 0 Å². The highest BCUT2D eigenvalue weighted by Gasteiger charge is 2.23. The van der Waals surface area contributed by atoms with Gasteiger partial charge >= 0.3 is 0 Å². The lowest BCUT2D eigenvalue weighted by Crippen LogP contribution is -1.84. The van der Waals surface area contributed by atoms with Gasteiger partial charge in [0.1, 0.15) is 22.3 Å². The molecule has 0 unspecified atom stereocenters. The normalized spacial score (nSPS) is 12.3. The zero-order valence-electron chi connectivity index (χ0n) is 22.5. The Kier molecular flexibility index (Phi) is 4.21. The molecule has 0 radical (unpaired) electrons. The van der Waals surface area contributed by atoms with Crippen molar-refractivity contribution >= 4 is 54.6 Å². The first-order valence-electron chi connectivity index (χ1n) is 14.4. The number of hydrogen-bond donors (Lipinski definition) is 0. The lowest BCUT2D eigenvalue weighted by atomic mass is 9.93. The molecular formula is C40H22O2. The first kappa shape index (κ1) is 22.1. The second-order valence-electron chi connectivity index (χ2n) is 11.2. The number of furan rings is 2. The van der Waals surface area contributed by atoms with E-state index in [1.54, 1.807) is 0 Å². The molecule has 2 nitrogen and oxygen atoms in total. The highest BCUT2D eigenvalue weighted by Crippen LogP contribution is 2.50. The largest absolute Gasteiger partial charge is 0.456 e. The number of rotatable bonds is 2. The van der Waals surface area contributed by atoms with Gasteiger partial charge in [-0.2, -0.15) is 0 Å². The third-order valence-electron chi connectivity index (χ3n) is 9.05. The summed E-state index contributed by atoms with van der Waals surface area (Å²) in [5.41, 5.74) is 13.4. The van der Waals surface area contributed by atoms with Gasteiger partial charge in [-0.3, -0.25) is 0 Å². The molecule has 0 saturated heterocycles. The molecule has 7 aromatic carbocycles. The molecule has 10 rings (SSSR count). The fourth-order valence-electron chi connectivity index (χ4n) is 7.20. The summed E-state index contributed by atoms with van der Waals surface area (Å²) < 4.78 is 13.0. The maximum Gasteiger partial charge on any atom is 0.143 e. The van der Waals surface area contributed by atoms with Crippen LogP contribution in [0.4, 0.5) is 0 Å². The van der Waals surface area contributed by atoms with E-state index < -0.39 is 0 Å². The summed E-state index contributed by atoms with van der Waals surface area (Å²) in [7, 11) is 0. The lowest BCUT2D eigenvalue weighted by Gasteiger charge is -2.10. The van der Waals surface area contributed by atoms with Gasteiger partial charge in [-0.25, -0.2) is 0 Å². The van der Waals surface area contributed by atoms with Crippen molar-refractivity contribution in [1.82, 2.24) is 0 Å². The van der Waals surface area contributed by atoms with E-state index in [-0.39, 0.29) is 0 Å². The van der Waals surface area contributed by atoms with E-state index in [4.69, 9.17) is 8.83 Å². The van der Waals surface area contributed by atoms with E-state index >= 15 is 0 Å². The molecule has 0 aliphatic heterocycles. The van der Waals surface area contributed by atoms with Gasteiger partial charge in [-0.05, 0) is 62.4 Å². The Morgan fingerprint density at radius 3 is 1.71 bits per heavy atom. The molecule has 0 fully saturated rings. The molecule has 2 aromatic heterocycles. The van der Waals surface area contributed by atoms with Gasteiger partial charge in [0.15, 0.2) is 0 Å². The Labute approximate surface area is 241 Å². The van der Waals surface area contributed by atoms with E-state index in [1.165, 1.54) is 38.6 Å². The number of hydrogen-bond acceptors (Lipinski definition) is 2. The van der Waals surface area contributed by atoms with Crippen LogP contribution in [0.2, 0.25) is 0 Å². The van der Waals surface area contributed by atoms with Gasteiger partial charge in [-0.15, -0.1) is 0 Å². The van der Waals surface area contributed by atoms with Crippen LogP contribution in [0.1, 0.15) is 0 Å². The summed E-state index contributed by atoms with van der Waals surface area (Å²) in [5.74, 6) is 0. The molecule has 0 bridgehead atoms. The number of para-hydroxylation sites is 3. The van der Waals surface area contributed by atoms with Gasteiger partial charge in [0, 0.05) is 32.7 Å². The molecule has 9 aromatic rings. The Hall–Kier alpha value is -5.60. The Bertz CT molecular complexity index is 2550. The third kappa shape index (κ3) is 2.83. The third-order valence-corrected chi connectivity index (χ3v) is 9.05. The second-order valence-corrected chi connectivity index (χ2v) is 11.2. The van der Waals surface area contributed by atoms with Crippen LogP contribution in [0, 0.1) is 0 Å². The molecule has 0 N–H and O–H groups in total. The number of fused-ring (bicyclic) bond motifs is 9. The fraction of sp³-hybridized carbons (Fsp3) is 0. The van der Waals surface area contributed by atoms with Crippen LogP contribution in [0.15, 0.2) is 142 Å². The smallest absolute Gasteiger partial charge is 0.143 e. The molecule has 0 amide bonds. The van der Waals surface area contributed by atoms with Crippen molar-refractivity contribution in [2.75, 3.05) is 0 Å². The molecule has 1 aliphatic rings. The first-order valence-corrected chi connectivity index (χ1v) is 14.4. The van der Waals surface area contributed by atoms with E-state index in [9.17, 15) is 0 Å². The molecule has 0 atom stereocenters. The topological polar surface area (TPSA) is 26.3 Å². The Morgan fingerprint density at radius 2 is 0.881 bits per heavy atom. The van der Waals surface area contributed by atoms with Crippen LogP contribution >= 0.6 is 0 Å². The van der Waals surface area contributed by atoms with Crippen molar-refractivity contribution in [2.45, 2.75) is 0 Å². The van der Waals surface area contributed by atoms with Crippen molar-refractivity contribution in [3.05, 3.63) is 133 Å². The molecule has 2 heteroatoms. The maximum atomic E-state index is 6.87. The minimum absolute atomic E-state index is 0.897. The van der Waals surface area contributed by atoms with Crippen LogP contribution in [0.25, 0.3) is 99.2 Å². The minimum atomic E-state index is 0.897. The maximum absolute atomic E-state index is 6.87. The quantitative estimate of drug-likeness (QED) is 0.220. The zero-order valence-corrected chi connectivity index (χ0v) is 22.5. The summed E-state index contributed by atoms with van der Waals surface area (Å²) in [4.78, 5) is 0. The summed E-state index contributed by atoms with van der Waals surface area (Å²) in [6, 6.07) is 47.6. The summed E-state index contributed by atoms with van der Waals surface area (Å²) >= 11 is 0. The summed E-state index contributed by atoms with van der Waals surface area (Å²) in [6.45, 7) is 0. The highest BCUT2D eigenvalue weighted by atomic mass is 16.3. The van der Waals surface area contributed by atoms with Gasteiger partial charge < -0.3 is 8.83 Å². The predicted molar refractivity (Wildman–Crippen MR) is 174 cm³/mol. The summed E-state index contributed by atoms with van der Waals surface area (Å²) in [6.07, 6.45) is 0. The molecule has 2 heterocycles. The van der Waals surface area contributed by atoms with Gasteiger partial charge in [0.2, 0.25) is 0 Å². The van der Waals surface area contributed by atoms with Gasteiger partial charge in [0.05, 0.1) is 0 Å². The average molecular weight is 535 g/mol. The monoisotopic (exact) mass is 534 g/mol. The standard InChI is InChI=1S/C40H22O2/c1-2-9-26-25(8-1)29-12-6-13-30-27(19-20-31(26)38(29)30)32-14-7-16-34-33-15-5-11-24(39(33)42-40(32)34)23-18-21-37-35(22-23)28-10-3-4-17-36(28)41-37/h1-22H. The molecular weight excluding hydrogens is 512 g/mol. The Balaban J connectivity index is 1.22.